The Morgan fingerprint density at radius 3 is 2.67 bits per heavy atom. The minimum absolute atomic E-state index is 0.000739. The molecule has 0 saturated carbocycles. The number of carbonyl (C=O) groups excluding carboxylic acids is 2. The molecule has 0 N–H and O–H groups in total. The van der Waals surface area contributed by atoms with E-state index in [1.165, 1.54) is 6.07 Å². The van der Waals surface area contributed by atoms with E-state index in [1.54, 1.807) is 6.92 Å². The van der Waals surface area contributed by atoms with Crippen LogP contribution in [0.1, 0.15) is 27.6 Å². The molecule has 0 spiro atoms. The normalized spacial score (nSPS) is 10.3. The predicted octanol–water partition coefficient (Wildman–Crippen LogP) is 2.93. The fourth-order valence-electron chi connectivity index (χ4n) is 1.31. The molecule has 0 atom stereocenters. The van der Waals surface area contributed by atoms with E-state index >= 15 is 0 Å². The summed E-state index contributed by atoms with van der Waals surface area (Å²) < 4.78 is 33.2. The summed E-state index contributed by atoms with van der Waals surface area (Å²) >= 11 is 5.63. The lowest BCUT2D eigenvalue weighted by Crippen LogP contribution is -2.13. The summed E-state index contributed by atoms with van der Waals surface area (Å²) in [5.41, 5.74) is -0.534. The molecule has 1 rings (SSSR count). The molecule has 0 unspecified atom stereocenters. The van der Waals surface area contributed by atoms with Crippen molar-refractivity contribution in [3.8, 4) is 5.75 Å². The highest BCUT2D eigenvalue weighted by atomic mass is 35.5. The molecule has 4 nitrogen and oxygen atoms in total. The molecule has 0 saturated heterocycles. The van der Waals surface area contributed by atoms with Crippen molar-refractivity contribution in [3.63, 3.8) is 0 Å². The van der Waals surface area contributed by atoms with Crippen LogP contribution < -0.4 is 4.74 Å². The van der Waals surface area contributed by atoms with Crippen molar-refractivity contribution in [2.45, 2.75) is 13.5 Å². The van der Waals surface area contributed by atoms with Gasteiger partial charge < -0.3 is 9.47 Å². The summed E-state index contributed by atoms with van der Waals surface area (Å²) in [6.07, 6.45) is 0.316. The standard InChI is InChI=1S/C11H9ClF2O4/c1-2-17-10(16)9-6(5-15)3-7(12)4-8(9)18-11(13)14/h3-5,11H,2H2,1H3. The first-order valence-electron chi connectivity index (χ1n) is 4.90. The van der Waals surface area contributed by atoms with Gasteiger partial charge in [-0.15, -0.1) is 0 Å². The van der Waals surface area contributed by atoms with E-state index in [1.807, 2.05) is 0 Å². The molecule has 1 aromatic carbocycles. The van der Waals surface area contributed by atoms with Crippen LogP contribution in [0.4, 0.5) is 8.78 Å². The maximum atomic E-state index is 12.2. The van der Waals surface area contributed by atoms with Gasteiger partial charge in [0.2, 0.25) is 0 Å². The third-order valence-electron chi connectivity index (χ3n) is 1.92. The number of halogens is 3. The molecule has 18 heavy (non-hydrogen) atoms. The summed E-state index contributed by atoms with van der Waals surface area (Å²) in [4.78, 5) is 22.4. The first kappa shape index (κ1) is 14.4. The lowest BCUT2D eigenvalue weighted by Gasteiger charge is -2.12. The van der Waals surface area contributed by atoms with Crippen molar-refractivity contribution >= 4 is 23.9 Å². The maximum absolute atomic E-state index is 12.2. The van der Waals surface area contributed by atoms with Gasteiger partial charge in [0.25, 0.3) is 0 Å². The molecule has 0 aliphatic heterocycles. The van der Waals surface area contributed by atoms with E-state index in [0.717, 1.165) is 6.07 Å². The zero-order chi connectivity index (χ0) is 13.7. The van der Waals surface area contributed by atoms with E-state index in [4.69, 9.17) is 11.6 Å². The predicted molar refractivity (Wildman–Crippen MR) is 59.4 cm³/mol. The second-order valence-electron chi connectivity index (χ2n) is 3.08. The number of alkyl halides is 2. The number of hydrogen-bond donors (Lipinski definition) is 0. The molecule has 0 amide bonds. The van der Waals surface area contributed by atoms with Gasteiger partial charge in [0, 0.05) is 10.6 Å². The first-order chi connectivity index (χ1) is 8.49. The molecule has 0 heterocycles. The van der Waals surface area contributed by atoms with Crippen molar-refractivity contribution in [1.82, 2.24) is 0 Å². The lowest BCUT2D eigenvalue weighted by molar-refractivity contribution is -0.0504. The second-order valence-corrected chi connectivity index (χ2v) is 3.52. The number of hydrogen-bond acceptors (Lipinski definition) is 4. The number of aldehydes is 1. The Labute approximate surface area is 106 Å². The number of rotatable bonds is 5. The summed E-state index contributed by atoms with van der Waals surface area (Å²) in [6.45, 7) is -1.56. The molecule has 98 valence electrons. The van der Waals surface area contributed by atoms with Crippen LogP contribution in [-0.2, 0) is 4.74 Å². The van der Waals surface area contributed by atoms with Gasteiger partial charge in [0.05, 0.1) is 6.61 Å². The molecule has 0 aliphatic rings. The smallest absolute Gasteiger partial charge is 0.387 e. The zero-order valence-electron chi connectivity index (χ0n) is 9.28. The minimum atomic E-state index is -3.14. The minimum Gasteiger partial charge on any atom is -0.462 e. The van der Waals surface area contributed by atoms with Crippen LogP contribution in [0.15, 0.2) is 12.1 Å². The quantitative estimate of drug-likeness (QED) is 0.614. The molecular weight excluding hydrogens is 270 g/mol. The second kappa shape index (κ2) is 6.30. The van der Waals surface area contributed by atoms with E-state index < -0.39 is 18.3 Å². The zero-order valence-corrected chi connectivity index (χ0v) is 10.0. The van der Waals surface area contributed by atoms with Crippen LogP contribution in [0.2, 0.25) is 5.02 Å². The van der Waals surface area contributed by atoms with Gasteiger partial charge in [0.1, 0.15) is 11.3 Å². The Morgan fingerprint density at radius 2 is 2.17 bits per heavy atom. The average molecular weight is 279 g/mol. The Morgan fingerprint density at radius 1 is 1.50 bits per heavy atom. The van der Waals surface area contributed by atoms with Gasteiger partial charge in [-0.1, -0.05) is 11.6 Å². The summed E-state index contributed by atoms with van der Waals surface area (Å²) in [5.74, 6) is -1.41. The number of carbonyl (C=O) groups is 2. The summed E-state index contributed by atoms with van der Waals surface area (Å²) in [7, 11) is 0. The molecule has 0 fully saturated rings. The lowest BCUT2D eigenvalue weighted by atomic mass is 10.1. The van der Waals surface area contributed by atoms with Crippen LogP contribution in [-0.4, -0.2) is 25.5 Å². The topological polar surface area (TPSA) is 52.6 Å². The highest BCUT2D eigenvalue weighted by Gasteiger charge is 2.22. The van der Waals surface area contributed by atoms with Gasteiger partial charge in [-0.25, -0.2) is 4.79 Å². The first-order valence-corrected chi connectivity index (χ1v) is 5.28. The van der Waals surface area contributed by atoms with Crippen molar-refractivity contribution < 1.29 is 27.8 Å². The van der Waals surface area contributed by atoms with Gasteiger partial charge in [0.15, 0.2) is 6.29 Å². The molecule has 7 heteroatoms. The summed E-state index contributed by atoms with van der Waals surface area (Å²) in [6, 6.07) is 2.19. The molecule has 0 bridgehead atoms. The van der Waals surface area contributed by atoms with Gasteiger partial charge in [-0.05, 0) is 19.1 Å². The Kier molecular flexibility index (Phi) is 5.03. The van der Waals surface area contributed by atoms with Crippen LogP contribution in [0.3, 0.4) is 0 Å². The monoisotopic (exact) mass is 278 g/mol. The fraction of sp³-hybridized carbons (Fsp3) is 0.273. The van der Waals surface area contributed by atoms with Crippen molar-refractivity contribution in [2.24, 2.45) is 0 Å². The maximum Gasteiger partial charge on any atom is 0.387 e. The third-order valence-corrected chi connectivity index (χ3v) is 2.14. The SMILES string of the molecule is CCOC(=O)c1c(C=O)cc(Cl)cc1OC(F)F. The fourth-order valence-corrected chi connectivity index (χ4v) is 1.52. The van der Waals surface area contributed by atoms with E-state index in [-0.39, 0.29) is 22.8 Å². The summed E-state index contributed by atoms with van der Waals surface area (Å²) in [5, 5.41) is 0.000739. The van der Waals surface area contributed by atoms with Crippen LogP contribution >= 0.6 is 11.6 Å². The van der Waals surface area contributed by atoms with Crippen molar-refractivity contribution in [3.05, 3.63) is 28.3 Å². The van der Waals surface area contributed by atoms with Crippen molar-refractivity contribution in [1.29, 1.82) is 0 Å². The van der Waals surface area contributed by atoms with Gasteiger partial charge >= 0.3 is 12.6 Å². The van der Waals surface area contributed by atoms with Gasteiger partial charge in [-0.2, -0.15) is 8.78 Å². The molecule has 0 aliphatic carbocycles. The highest BCUT2D eigenvalue weighted by molar-refractivity contribution is 6.31. The van der Waals surface area contributed by atoms with Crippen molar-refractivity contribution in [2.75, 3.05) is 6.61 Å². The Bertz CT molecular complexity index is 463. The number of ether oxygens (including phenoxy) is 2. The molecule has 1 aromatic rings. The van der Waals surface area contributed by atoms with Crippen LogP contribution in [0.25, 0.3) is 0 Å². The average Bonchev–Trinajstić information content (AvgIpc) is 2.27. The molecular formula is C11H9ClF2O4. The molecule has 0 aromatic heterocycles. The van der Waals surface area contributed by atoms with E-state index in [0.29, 0.717) is 6.29 Å². The largest absolute Gasteiger partial charge is 0.462 e. The molecule has 0 radical (unpaired) electrons. The third kappa shape index (κ3) is 3.40. The number of benzene rings is 1. The highest BCUT2D eigenvalue weighted by Crippen LogP contribution is 2.28. The Balaban J connectivity index is 3.32. The van der Waals surface area contributed by atoms with E-state index in [2.05, 4.69) is 9.47 Å². The Hall–Kier alpha value is -1.69. The van der Waals surface area contributed by atoms with Crippen LogP contribution in [0.5, 0.6) is 5.75 Å². The number of esters is 1. The van der Waals surface area contributed by atoms with Crippen LogP contribution in [0, 0.1) is 0 Å². The van der Waals surface area contributed by atoms with E-state index in [9.17, 15) is 18.4 Å². The van der Waals surface area contributed by atoms with Gasteiger partial charge in [-0.3, -0.25) is 4.79 Å².